The molecule has 0 bridgehead atoms. The second-order valence-electron chi connectivity index (χ2n) is 4.63. The van der Waals surface area contributed by atoms with Crippen molar-refractivity contribution in [2.24, 2.45) is 0 Å². The number of nitrogens with one attached hydrogen (secondary N) is 1. The predicted molar refractivity (Wildman–Crippen MR) is 85.9 cm³/mol. The molecule has 0 saturated heterocycles. The summed E-state index contributed by atoms with van der Waals surface area (Å²) in [6.45, 7) is 1.54. The Hall–Kier alpha value is -2.48. The molecule has 0 aromatic heterocycles. The zero-order valence-electron chi connectivity index (χ0n) is 12.0. The average molecular weight is 383 g/mol. The van der Waals surface area contributed by atoms with Gasteiger partial charge in [-0.3, -0.25) is 14.9 Å². The van der Waals surface area contributed by atoms with E-state index in [1.165, 1.54) is 13.0 Å². The molecule has 0 saturated carbocycles. The summed E-state index contributed by atoms with van der Waals surface area (Å²) < 4.78 is 19.6. The second-order valence-corrected chi connectivity index (χ2v) is 5.54. The maximum Gasteiger partial charge on any atom is 0.306 e. The number of hydrogen-bond donors (Lipinski definition) is 1. The van der Waals surface area contributed by atoms with Gasteiger partial charge in [-0.1, -0.05) is 15.9 Å². The smallest absolute Gasteiger partial charge is 0.306 e. The zero-order valence-corrected chi connectivity index (χ0v) is 13.5. The summed E-state index contributed by atoms with van der Waals surface area (Å²) >= 11 is 3.29. The molecular weight excluding hydrogens is 371 g/mol. The molecule has 1 N–H and O–H groups in total. The van der Waals surface area contributed by atoms with E-state index in [1.807, 2.05) is 0 Å². The fourth-order valence-electron chi connectivity index (χ4n) is 1.75. The number of benzene rings is 2. The molecule has 2 rings (SSSR count). The SMILES string of the molecule is CC(Oc1ccc(Br)cc1)C(=O)Nc1ccc(F)c([N+](=O)[O-])c1. The van der Waals surface area contributed by atoms with E-state index in [0.29, 0.717) is 5.75 Å². The number of nitro benzene ring substituents is 1. The highest BCUT2D eigenvalue weighted by Gasteiger charge is 2.18. The maximum absolute atomic E-state index is 13.3. The molecule has 2 aromatic rings. The third-order valence-electron chi connectivity index (χ3n) is 2.91. The van der Waals surface area contributed by atoms with Crippen LogP contribution in [0.25, 0.3) is 0 Å². The van der Waals surface area contributed by atoms with Gasteiger partial charge in [0.1, 0.15) is 5.75 Å². The van der Waals surface area contributed by atoms with Crippen molar-refractivity contribution in [1.82, 2.24) is 0 Å². The predicted octanol–water partition coefficient (Wildman–Crippen LogP) is 3.90. The first-order valence-electron chi connectivity index (χ1n) is 6.54. The van der Waals surface area contributed by atoms with Crippen LogP contribution in [-0.2, 0) is 4.79 Å². The van der Waals surface area contributed by atoms with E-state index in [0.717, 1.165) is 16.6 Å². The van der Waals surface area contributed by atoms with Gasteiger partial charge < -0.3 is 10.1 Å². The lowest BCUT2D eigenvalue weighted by Crippen LogP contribution is -2.30. The number of carbonyl (C=O) groups is 1. The van der Waals surface area contributed by atoms with Gasteiger partial charge in [0, 0.05) is 16.2 Å². The average Bonchev–Trinajstić information content (AvgIpc) is 2.51. The Morgan fingerprint density at radius 1 is 1.30 bits per heavy atom. The van der Waals surface area contributed by atoms with E-state index < -0.39 is 28.4 Å². The highest BCUT2D eigenvalue weighted by atomic mass is 79.9. The quantitative estimate of drug-likeness (QED) is 0.627. The van der Waals surface area contributed by atoms with Crippen LogP contribution in [0, 0.1) is 15.9 Å². The standard InChI is InChI=1S/C15H12BrFN2O4/c1-9(23-12-5-2-10(16)3-6-12)15(20)18-11-4-7-13(17)14(8-11)19(21)22/h2-9H,1H3,(H,18,20). The summed E-state index contributed by atoms with van der Waals surface area (Å²) in [5.74, 6) is -0.970. The normalized spacial score (nSPS) is 11.6. The van der Waals surface area contributed by atoms with Gasteiger partial charge >= 0.3 is 5.69 Å². The van der Waals surface area contributed by atoms with E-state index in [9.17, 15) is 19.3 Å². The molecule has 0 fully saturated rings. The summed E-state index contributed by atoms with van der Waals surface area (Å²) in [7, 11) is 0. The van der Waals surface area contributed by atoms with Crippen molar-refractivity contribution in [3.05, 3.63) is 62.9 Å². The topological polar surface area (TPSA) is 81.5 Å². The van der Waals surface area contributed by atoms with Crippen LogP contribution in [0.3, 0.4) is 0 Å². The summed E-state index contributed by atoms with van der Waals surface area (Å²) in [6, 6.07) is 10.0. The van der Waals surface area contributed by atoms with Crippen molar-refractivity contribution in [2.75, 3.05) is 5.32 Å². The monoisotopic (exact) mass is 382 g/mol. The van der Waals surface area contributed by atoms with Crippen molar-refractivity contribution >= 4 is 33.2 Å². The van der Waals surface area contributed by atoms with Gasteiger partial charge in [0.2, 0.25) is 5.82 Å². The van der Waals surface area contributed by atoms with Crippen LogP contribution >= 0.6 is 15.9 Å². The lowest BCUT2D eigenvalue weighted by molar-refractivity contribution is -0.387. The Bertz CT molecular complexity index is 737. The molecular formula is C15H12BrFN2O4. The Morgan fingerprint density at radius 3 is 2.57 bits per heavy atom. The number of rotatable bonds is 5. The van der Waals surface area contributed by atoms with Crippen LogP contribution in [0.15, 0.2) is 46.9 Å². The number of halogens is 2. The van der Waals surface area contributed by atoms with E-state index in [-0.39, 0.29) is 5.69 Å². The Morgan fingerprint density at radius 2 is 1.96 bits per heavy atom. The summed E-state index contributed by atoms with van der Waals surface area (Å²) in [5, 5.41) is 13.1. The highest BCUT2D eigenvalue weighted by Crippen LogP contribution is 2.22. The van der Waals surface area contributed by atoms with Crippen molar-refractivity contribution in [1.29, 1.82) is 0 Å². The van der Waals surface area contributed by atoms with Gasteiger partial charge in [0.15, 0.2) is 6.10 Å². The molecule has 1 unspecified atom stereocenters. The summed E-state index contributed by atoms with van der Waals surface area (Å²) in [4.78, 5) is 21.9. The first kappa shape index (κ1) is 16.9. The minimum absolute atomic E-state index is 0.120. The number of amides is 1. The minimum Gasteiger partial charge on any atom is -0.481 e. The summed E-state index contributed by atoms with van der Waals surface area (Å²) in [5.41, 5.74) is -0.585. The van der Waals surface area contributed by atoms with Gasteiger partial charge in [0.25, 0.3) is 5.91 Å². The molecule has 6 nitrogen and oxygen atoms in total. The first-order valence-corrected chi connectivity index (χ1v) is 7.33. The molecule has 120 valence electrons. The van der Waals surface area contributed by atoms with Gasteiger partial charge in [-0.2, -0.15) is 4.39 Å². The van der Waals surface area contributed by atoms with Gasteiger partial charge in [-0.25, -0.2) is 0 Å². The van der Waals surface area contributed by atoms with Crippen LogP contribution in [0.5, 0.6) is 5.75 Å². The number of nitrogens with zero attached hydrogens (tertiary/aromatic N) is 1. The van der Waals surface area contributed by atoms with Crippen molar-refractivity contribution < 1.29 is 18.8 Å². The number of anilines is 1. The van der Waals surface area contributed by atoms with Crippen LogP contribution in [0.1, 0.15) is 6.92 Å². The number of hydrogen-bond acceptors (Lipinski definition) is 4. The molecule has 0 aliphatic carbocycles. The highest BCUT2D eigenvalue weighted by molar-refractivity contribution is 9.10. The number of ether oxygens (including phenoxy) is 1. The first-order chi connectivity index (χ1) is 10.9. The molecule has 0 spiro atoms. The van der Waals surface area contributed by atoms with Crippen LogP contribution in [-0.4, -0.2) is 16.9 Å². The molecule has 23 heavy (non-hydrogen) atoms. The van der Waals surface area contributed by atoms with Crippen molar-refractivity contribution in [3.8, 4) is 5.75 Å². The fourth-order valence-corrected chi connectivity index (χ4v) is 2.01. The van der Waals surface area contributed by atoms with Gasteiger partial charge in [-0.15, -0.1) is 0 Å². The number of nitro groups is 1. The molecule has 0 heterocycles. The van der Waals surface area contributed by atoms with Crippen LogP contribution in [0.4, 0.5) is 15.8 Å². The molecule has 2 aromatic carbocycles. The minimum atomic E-state index is -0.966. The molecule has 8 heteroatoms. The summed E-state index contributed by atoms with van der Waals surface area (Å²) in [6.07, 6.45) is -0.833. The molecule has 0 aliphatic rings. The van der Waals surface area contributed by atoms with Crippen LogP contribution < -0.4 is 10.1 Å². The maximum atomic E-state index is 13.3. The van der Waals surface area contributed by atoms with E-state index in [2.05, 4.69) is 21.2 Å². The third-order valence-corrected chi connectivity index (χ3v) is 3.43. The van der Waals surface area contributed by atoms with E-state index >= 15 is 0 Å². The lowest BCUT2D eigenvalue weighted by Gasteiger charge is -2.14. The van der Waals surface area contributed by atoms with Gasteiger partial charge in [0.05, 0.1) is 4.92 Å². The van der Waals surface area contributed by atoms with E-state index in [1.54, 1.807) is 24.3 Å². The Labute approximate surface area is 139 Å². The van der Waals surface area contributed by atoms with Crippen LogP contribution in [0.2, 0.25) is 0 Å². The molecule has 0 aliphatic heterocycles. The fraction of sp³-hybridized carbons (Fsp3) is 0.133. The van der Waals surface area contributed by atoms with E-state index in [4.69, 9.17) is 4.74 Å². The second kappa shape index (κ2) is 7.19. The molecule has 0 radical (unpaired) electrons. The van der Waals surface area contributed by atoms with Crippen molar-refractivity contribution in [3.63, 3.8) is 0 Å². The lowest BCUT2D eigenvalue weighted by atomic mass is 10.2. The zero-order chi connectivity index (χ0) is 17.0. The Kier molecular flexibility index (Phi) is 5.28. The molecule has 1 atom stereocenters. The largest absolute Gasteiger partial charge is 0.481 e. The third kappa shape index (κ3) is 4.49. The number of carbonyl (C=O) groups excluding carboxylic acids is 1. The van der Waals surface area contributed by atoms with Crippen molar-refractivity contribution in [2.45, 2.75) is 13.0 Å². The Balaban J connectivity index is 2.04. The van der Waals surface area contributed by atoms with Gasteiger partial charge in [-0.05, 0) is 43.3 Å². The molecule has 1 amide bonds.